The molecule has 0 bridgehead atoms. The Labute approximate surface area is 125 Å². The number of rotatable bonds is 7. The summed E-state index contributed by atoms with van der Waals surface area (Å²) >= 11 is 0. The molecule has 0 radical (unpaired) electrons. The van der Waals surface area contributed by atoms with E-state index in [1.807, 2.05) is 37.4 Å². The third-order valence-electron chi connectivity index (χ3n) is 3.02. The van der Waals surface area contributed by atoms with E-state index >= 15 is 0 Å². The van der Waals surface area contributed by atoms with Crippen LogP contribution in [0, 0.1) is 0 Å². The number of hydrogen-bond donors (Lipinski definition) is 1. The van der Waals surface area contributed by atoms with E-state index in [1.165, 1.54) is 0 Å². The second-order valence-corrected chi connectivity index (χ2v) is 4.64. The highest BCUT2D eigenvalue weighted by atomic mass is 16.5. The highest BCUT2D eigenvalue weighted by Crippen LogP contribution is 2.17. The Bertz CT molecular complexity index is 570. The molecule has 1 heterocycles. The van der Waals surface area contributed by atoms with Crippen LogP contribution in [-0.4, -0.2) is 24.1 Å². The monoisotopic (exact) mass is 287 g/mol. The molecule has 1 N–H and O–H groups in total. The van der Waals surface area contributed by atoms with Crippen LogP contribution in [0.25, 0.3) is 0 Å². The van der Waals surface area contributed by atoms with E-state index in [9.17, 15) is 0 Å². The smallest absolute Gasteiger partial charge is 0.219 e. The van der Waals surface area contributed by atoms with Gasteiger partial charge >= 0.3 is 0 Å². The molecule has 0 aliphatic carbocycles. The number of ether oxygens (including phenoxy) is 2. The molecule has 0 saturated carbocycles. The van der Waals surface area contributed by atoms with Crippen LogP contribution in [0.4, 0.5) is 5.82 Å². The molecule has 1 aromatic heterocycles. The van der Waals surface area contributed by atoms with Crippen molar-refractivity contribution >= 4 is 5.82 Å². The molecule has 0 unspecified atom stereocenters. The first kappa shape index (κ1) is 15.1. The van der Waals surface area contributed by atoms with E-state index in [4.69, 9.17) is 9.47 Å². The molecule has 5 heteroatoms. The minimum atomic E-state index is 0.468. The third kappa shape index (κ3) is 4.34. The first-order chi connectivity index (χ1) is 10.2. The maximum absolute atomic E-state index is 5.76. The molecular formula is C16H21N3O2. The van der Waals surface area contributed by atoms with Crippen LogP contribution in [0.1, 0.15) is 24.7 Å². The summed E-state index contributed by atoms with van der Waals surface area (Å²) in [5, 5.41) is 3.03. The maximum Gasteiger partial charge on any atom is 0.219 e. The van der Waals surface area contributed by atoms with Gasteiger partial charge in [0.05, 0.1) is 7.11 Å². The lowest BCUT2D eigenvalue weighted by Gasteiger charge is -2.09. The van der Waals surface area contributed by atoms with E-state index < -0.39 is 0 Å². The Balaban J connectivity index is 2.05. The Morgan fingerprint density at radius 1 is 1.14 bits per heavy atom. The maximum atomic E-state index is 5.76. The quantitative estimate of drug-likeness (QED) is 0.848. The Hall–Kier alpha value is -2.30. The van der Waals surface area contributed by atoms with Gasteiger partial charge in [-0.15, -0.1) is 0 Å². The van der Waals surface area contributed by atoms with Crippen molar-refractivity contribution in [2.45, 2.75) is 26.4 Å². The summed E-state index contributed by atoms with van der Waals surface area (Å²) in [7, 11) is 3.49. The van der Waals surface area contributed by atoms with Crippen LogP contribution in [0.5, 0.6) is 11.6 Å². The van der Waals surface area contributed by atoms with Gasteiger partial charge in [-0.3, -0.25) is 0 Å². The summed E-state index contributed by atoms with van der Waals surface area (Å²) in [5.41, 5.74) is 1.07. The fourth-order valence-electron chi connectivity index (χ4n) is 1.89. The molecule has 0 saturated heterocycles. The molecule has 0 amide bonds. The first-order valence-electron chi connectivity index (χ1n) is 7.06. The largest absolute Gasteiger partial charge is 0.497 e. The van der Waals surface area contributed by atoms with Gasteiger partial charge in [0, 0.05) is 19.5 Å². The van der Waals surface area contributed by atoms with Crippen molar-refractivity contribution < 1.29 is 9.47 Å². The Morgan fingerprint density at radius 3 is 2.52 bits per heavy atom. The Kier molecular flexibility index (Phi) is 5.37. The van der Waals surface area contributed by atoms with Gasteiger partial charge in [0.2, 0.25) is 5.88 Å². The van der Waals surface area contributed by atoms with Gasteiger partial charge in [-0.1, -0.05) is 19.1 Å². The van der Waals surface area contributed by atoms with Crippen LogP contribution < -0.4 is 14.8 Å². The van der Waals surface area contributed by atoms with Crippen molar-refractivity contribution in [1.29, 1.82) is 0 Å². The van der Waals surface area contributed by atoms with Crippen LogP contribution in [0.15, 0.2) is 30.3 Å². The Morgan fingerprint density at radius 2 is 1.90 bits per heavy atom. The van der Waals surface area contributed by atoms with E-state index in [-0.39, 0.29) is 0 Å². The molecule has 0 fully saturated rings. The summed E-state index contributed by atoms with van der Waals surface area (Å²) in [6.45, 7) is 2.57. The molecule has 2 aromatic rings. The molecule has 2 rings (SSSR count). The van der Waals surface area contributed by atoms with Gasteiger partial charge < -0.3 is 14.8 Å². The number of aryl methyl sites for hydroxylation is 1. The molecular weight excluding hydrogens is 266 g/mol. The number of benzene rings is 1. The van der Waals surface area contributed by atoms with Crippen LogP contribution in [0.3, 0.4) is 0 Å². The van der Waals surface area contributed by atoms with Gasteiger partial charge in [-0.25, -0.2) is 4.98 Å². The molecule has 5 nitrogen and oxygen atoms in total. The van der Waals surface area contributed by atoms with Crippen molar-refractivity contribution in [3.8, 4) is 11.6 Å². The average molecular weight is 287 g/mol. The van der Waals surface area contributed by atoms with Gasteiger partial charge in [-0.2, -0.15) is 4.98 Å². The first-order valence-corrected chi connectivity index (χ1v) is 7.06. The van der Waals surface area contributed by atoms with Crippen molar-refractivity contribution in [3.63, 3.8) is 0 Å². The van der Waals surface area contributed by atoms with Crippen LogP contribution in [-0.2, 0) is 13.0 Å². The predicted molar refractivity (Wildman–Crippen MR) is 82.9 cm³/mol. The number of hydrogen-bond acceptors (Lipinski definition) is 5. The molecule has 112 valence electrons. The van der Waals surface area contributed by atoms with Gasteiger partial charge in [0.1, 0.15) is 24.0 Å². The van der Waals surface area contributed by atoms with E-state index in [1.54, 1.807) is 7.11 Å². The van der Waals surface area contributed by atoms with Gasteiger partial charge in [0.25, 0.3) is 0 Å². The molecule has 1 aromatic carbocycles. The van der Waals surface area contributed by atoms with Crippen molar-refractivity contribution in [2.24, 2.45) is 0 Å². The standard InChI is InChI=1S/C16H21N3O2/c1-4-5-14-18-15(17-2)10-16(19-14)21-11-12-6-8-13(20-3)9-7-12/h6-10H,4-5,11H2,1-3H3,(H,17,18,19). The zero-order valence-electron chi connectivity index (χ0n) is 12.7. The van der Waals surface area contributed by atoms with Gasteiger partial charge in [0.15, 0.2) is 0 Å². The normalized spacial score (nSPS) is 10.2. The summed E-state index contributed by atoms with van der Waals surface area (Å²) in [4.78, 5) is 8.82. The van der Waals surface area contributed by atoms with Crippen molar-refractivity contribution in [2.75, 3.05) is 19.5 Å². The minimum Gasteiger partial charge on any atom is -0.497 e. The highest BCUT2D eigenvalue weighted by Gasteiger charge is 2.05. The summed E-state index contributed by atoms with van der Waals surface area (Å²) in [5.74, 6) is 3.00. The van der Waals surface area contributed by atoms with Gasteiger partial charge in [-0.05, 0) is 24.1 Å². The fourth-order valence-corrected chi connectivity index (χ4v) is 1.89. The number of anilines is 1. The lowest BCUT2D eigenvalue weighted by Crippen LogP contribution is -2.04. The lowest BCUT2D eigenvalue weighted by molar-refractivity contribution is 0.292. The molecule has 0 spiro atoms. The SMILES string of the molecule is CCCc1nc(NC)cc(OCc2ccc(OC)cc2)n1. The zero-order chi connectivity index (χ0) is 15.1. The molecule has 21 heavy (non-hydrogen) atoms. The second kappa shape index (κ2) is 7.47. The minimum absolute atomic E-state index is 0.468. The van der Waals surface area contributed by atoms with E-state index in [0.717, 1.165) is 35.8 Å². The van der Waals surface area contributed by atoms with E-state index in [2.05, 4.69) is 22.2 Å². The number of nitrogens with one attached hydrogen (secondary N) is 1. The van der Waals surface area contributed by atoms with Crippen molar-refractivity contribution in [1.82, 2.24) is 9.97 Å². The predicted octanol–water partition coefficient (Wildman–Crippen LogP) is 3.06. The summed E-state index contributed by atoms with van der Waals surface area (Å²) in [6, 6.07) is 9.60. The summed E-state index contributed by atoms with van der Waals surface area (Å²) < 4.78 is 10.9. The third-order valence-corrected chi connectivity index (χ3v) is 3.02. The zero-order valence-corrected chi connectivity index (χ0v) is 12.7. The molecule has 0 aliphatic rings. The summed E-state index contributed by atoms with van der Waals surface area (Å²) in [6.07, 6.45) is 1.85. The average Bonchev–Trinajstić information content (AvgIpc) is 2.53. The van der Waals surface area contributed by atoms with Crippen LogP contribution >= 0.6 is 0 Å². The lowest BCUT2D eigenvalue weighted by atomic mass is 10.2. The molecule has 0 atom stereocenters. The number of nitrogens with zero attached hydrogens (tertiary/aromatic N) is 2. The number of methoxy groups -OCH3 is 1. The fraction of sp³-hybridized carbons (Fsp3) is 0.375. The highest BCUT2D eigenvalue weighted by molar-refractivity contribution is 5.37. The van der Waals surface area contributed by atoms with Crippen molar-refractivity contribution in [3.05, 3.63) is 41.7 Å². The topological polar surface area (TPSA) is 56.3 Å². The second-order valence-electron chi connectivity index (χ2n) is 4.64. The number of aromatic nitrogens is 2. The molecule has 0 aliphatic heterocycles. The van der Waals surface area contributed by atoms with Crippen LogP contribution in [0.2, 0.25) is 0 Å². The van der Waals surface area contributed by atoms with E-state index in [0.29, 0.717) is 12.5 Å².